The number of rotatable bonds is 4. The van der Waals surface area contributed by atoms with Crippen LogP contribution in [0.1, 0.15) is 62.0 Å². The van der Waals surface area contributed by atoms with Gasteiger partial charge < -0.3 is 0 Å². The van der Waals surface area contributed by atoms with Gasteiger partial charge in [-0.05, 0) is 29.9 Å². The topological polar surface area (TPSA) is 0 Å². The Morgan fingerprint density at radius 3 is 2.35 bits per heavy atom. The molecule has 1 saturated carbocycles. The summed E-state index contributed by atoms with van der Waals surface area (Å²) in [5.74, 6) is 0.858. The van der Waals surface area contributed by atoms with Crippen molar-refractivity contribution in [3.63, 3.8) is 0 Å². The molecule has 1 atom stereocenters. The van der Waals surface area contributed by atoms with E-state index < -0.39 is 0 Å². The van der Waals surface area contributed by atoms with Crippen LogP contribution < -0.4 is 0 Å². The van der Waals surface area contributed by atoms with Gasteiger partial charge in [-0.15, -0.1) is 11.6 Å². The van der Waals surface area contributed by atoms with Crippen molar-refractivity contribution in [3.05, 3.63) is 35.4 Å². The number of benzene rings is 1. The first-order valence-electron chi connectivity index (χ1n) is 7.02. The first kappa shape index (κ1) is 13.0. The summed E-state index contributed by atoms with van der Waals surface area (Å²) in [7, 11) is 0. The molecule has 0 radical (unpaired) electrons. The highest BCUT2D eigenvalue weighted by atomic mass is 35.5. The lowest BCUT2D eigenvalue weighted by molar-refractivity contribution is 0.336. The lowest BCUT2D eigenvalue weighted by Crippen LogP contribution is -2.08. The third kappa shape index (κ3) is 3.74. The number of alkyl halides is 1. The first-order chi connectivity index (χ1) is 8.29. The average Bonchev–Trinajstić information content (AvgIpc) is 2.40. The molecule has 1 heteroatoms. The van der Waals surface area contributed by atoms with Gasteiger partial charge in [-0.1, -0.05) is 63.3 Å². The second-order valence-electron chi connectivity index (χ2n) is 5.30. The Kier molecular flexibility index (Phi) is 4.91. The molecule has 0 amide bonds. The highest BCUT2D eigenvalue weighted by Crippen LogP contribution is 2.35. The summed E-state index contributed by atoms with van der Waals surface area (Å²) >= 11 is 6.54. The summed E-state index contributed by atoms with van der Waals surface area (Å²) in [5, 5.41) is 0.212. The first-order valence-corrected chi connectivity index (χ1v) is 7.46. The Hall–Kier alpha value is -0.490. The fraction of sp³-hybridized carbons (Fsp3) is 0.625. The molecular weight excluding hydrogens is 228 g/mol. The van der Waals surface area contributed by atoms with Crippen molar-refractivity contribution in [2.75, 3.05) is 0 Å². The van der Waals surface area contributed by atoms with Crippen LogP contribution in [-0.4, -0.2) is 0 Å². The van der Waals surface area contributed by atoms with Crippen LogP contribution in [0.3, 0.4) is 0 Å². The van der Waals surface area contributed by atoms with Crippen LogP contribution in [0.5, 0.6) is 0 Å². The van der Waals surface area contributed by atoms with E-state index in [1.165, 1.54) is 43.2 Å². The number of aryl methyl sites for hydroxylation is 1. The van der Waals surface area contributed by atoms with Gasteiger partial charge in [0.15, 0.2) is 0 Å². The zero-order chi connectivity index (χ0) is 12.1. The molecule has 2 rings (SSSR count). The Balaban J connectivity index is 1.91. The molecule has 17 heavy (non-hydrogen) atoms. The molecular formula is C16H23Cl. The van der Waals surface area contributed by atoms with Gasteiger partial charge in [0.1, 0.15) is 0 Å². The number of hydrogen-bond acceptors (Lipinski definition) is 0. The lowest BCUT2D eigenvalue weighted by atomic mass is 9.85. The van der Waals surface area contributed by atoms with Crippen molar-refractivity contribution in [3.8, 4) is 0 Å². The Morgan fingerprint density at radius 2 is 1.76 bits per heavy atom. The SMILES string of the molecule is CCc1ccc(C(Cl)CC2CCCCC2)cc1. The van der Waals surface area contributed by atoms with Gasteiger partial charge in [0.25, 0.3) is 0 Å². The van der Waals surface area contributed by atoms with Crippen molar-refractivity contribution >= 4 is 11.6 Å². The van der Waals surface area contributed by atoms with Gasteiger partial charge in [-0.25, -0.2) is 0 Å². The van der Waals surface area contributed by atoms with E-state index in [2.05, 4.69) is 31.2 Å². The number of halogens is 1. The molecule has 0 spiro atoms. The molecule has 1 aromatic carbocycles. The smallest absolute Gasteiger partial charge is 0.0587 e. The van der Waals surface area contributed by atoms with E-state index >= 15 is 0 Å². The van der Waals surface area contributed by atoms with Crippen molar-refractivity contribution in [2.45, 2.75) is 57.2 Å². The van der Waals surface area contributed by atoms with E-state index in [0.717, 1.165) is 18.8 Å². The molecule has 1 aliphatic rings. The zero-order valence-electron chi connectivity index (χ0n) is 10.8. The predicted octanol–water partition coefficient (Wildman–Crippen LogP) is 5.50. The molecule has 94 valence electrons. The van der Waals surface area contributed by atoms with E-state index in [-0.39, 0.29) is 5.38 Å². The van der Waals surface area contributed by atoms with Crippen molar-refractivity contribution in [1.82, 2.24) is 0 Å². The molecule has 1 aromatic rings. The minimum atomic E-state index is 0.212. The minimum absolute atomic E-state index is 0.212. The standard InChI is InChI=1S/C16H23Cl/c1-2-13-8-10-15(11-9-13)16(17)12-14-6-4-3-5-7-14/h8-11,14,16H,2-7,12H2,1H3. The summed E-state index contributed by atoms with van der Waals surface area (Å²) in [5.41, 5.74) is 2.70. The molecule has 0 N–H and O–H groups in total. The lowest BCUT2D eigenvalue weighted by Gasteiger charge is -2.23. The van der Waals surface area contributed by atoms with Gasteiger partial charge in [0, 0.05) is 0 Å². The maximum absolute atomic E-state index is 6.54. The van der Waals surface area contributed by atoms with E-state index in [1.54, 1.807) is 0 Å². The van der Waals surface area contributed by atoms with Gasteiger partial charge in [0.05, 0.1) is 5.38 Å². The average molecular weight is 251 g/mol. The van der Waals surface area contributed by atoms with Crippen LogP contribution in [0.15, 0.2) is 24.3 Å². The third-order valence-electron chi connectivity index (χ3n) is 4.01. The minimum Gasteiger partial charge on any atom is -0.118 e. The van der Waals surface area contributed by atoms with Crippen LogP contribution in [-0.2, 0) is 6.42 Å². The van der Waals surface area contributed by atoms with Crippen molar-refractivity contribution < 1.29 is 0 Å². The van der Waals surface area contributed by atoms with Gasteiger partial charge >= 0.3 is 0 Å². The molecule has 1 aliphatic carbocycles. The highest BCUT2D eigenvalue weighted by Gasteiger charge is 2.18. The fourth-order valence-electron chi connectivity index (χ4n) is 2.81. The van der Waals surface area contributed by atoms with E-state index in [1.807, 2.05) is 0 Å². The second kappa shape index (κ2) is 6.44. The molecule has 0 saturated heterocycles. The molecule has 0 bridgehead atoms. The van der Waals surface area contributed by atoms with E-state index in [0.29, 0.717) is 0 Å². The van der Waals surface area contributed by atoms with Crippen molar-refractivity contribution in [1.29, 1.82) is 0 Å². The molecule has 1 fully saturated rings. The predicted molar refractivity (Wildman–Crippen MR) is 75.6 cm³/mol. The van der Waals surface area contributed by atoms with Crippen LogP contribution in [0, 0.1) is 5.92 Å². The van der Waals surface area contributed by atoms with Crippen LogP contribution in [0.25, 0.3) is 0 Å². The highest BCUT2D eigenvalue weighted by molar-refractivity contribution is 6.20. The Bertz CT molecular complexity index is 322. The van der Waals surface area contributed by atoms with E-state index in [9.17, 15) is 0 Å². The molecule has 0 nitrogen and oxygen atoms in total. The van der Waals surface area contributed by atoms with Crippen LogP contribution in [0.4, 0.5) is 0 Å². The maximum Gasteiger partial charge on any atom is 0.0587 e. The van der Waals surface area contributed by atoms with Gasteiger partial charge in [-0.2, -0.15) is 0 Å². The molecule has 0 aliphatic heterocycles. The quantitative estimate of drug-likeness (QED) is 0.619. The summed E-state index contributed by atoms with van der Waals surface area (Å²) in [4.78, 5) is 0. The van der Waals surface area contributed by atoms with E-state index in [4.69, 9.17) is 11.6 Å². The second-order valence-corrected chi connectivity index (χ2v) is 5.83. The fourth-order valence-corrected chi connectivity index (χ4v) is 3.21. The number of hydrogen-bond donors (Lipinski definition) is 0. The summed E-state index contributed by atoms with van der Waals surface area (Å²) in [6, 6.07) is 8.84. The third-order valence-corrected chi connectivity index (χ3v) is 4.44. The van der Waals surface area contributed by atoms with Crippen LogP contribution in [0.2, 0.25) is 0 Å². The van der Waals surface area contributed by atoms with Gasteiger partial charge in [0.2, 0.25) is 0 Å². The summed E-state index contributed by atoms with van der Waals surface area (Å²) in [6.07, 6.45) is 9.27. The molecule has 0 heterocycles. The normalized spacial score (nSPS) is 19.2. The molecule has 1 unspecified atom stereocenters. The largest absolute Gasteiger partial charge is 0.118 e. The Labute approximate surface area is 110 Å². The zero-order valence-corrected chi connectivity index (χ0v) is 11.5. The molecule has 0 aromatic heterocycles. The van der Waals surface area contributed by atoms with Crippen molar-refractivity contribution in [2.24, 2.45) is 5.92 Å². The van der Waals surface area contributed by atoms with Crippen LogP contribution >= 0.6 is 11.6 Å². The maximum atomic E-state index is 6.54. The monoisotopic (exact) mass is 250 g/mol. The summed E-state index contributed by atoms with van der Waals surface area (Å²) < 4.78 is 0. The summed E-state index contributed by atoms with van der Waals surface area (Å²) in [6.45, 7) is 2.19. The van der Waals surface area contributed by atoms with Gasteiger partial charge in [-0.3, -0.25) is 0 Å². The Morgan fingerprint density at radius 1 is 1.12 bits per heavy atom.